The van der Waals surface area contributed by atoms with Crippen molar-refractivity contribution in [3.63, 3.8) is 0 Å². The van der Waals surface area contributed by atoms with Crippen LogP contribution < -0.4 is 20.5 Å². The van der Waals surface area contributed by atoms with Crippen LogP contribution in [0, 0.1) is 0 Å². The first kappa shape index (κ1) is 15.6. The highest BCUT2D eigenvalue weighted by Crippen LogP contribution is 2.28. The fraction of sp³-hybridized carbons (Fsp3) is 0.375. The molecule has 0 saturated heterocycles. The third kappa shape index (κ3) is 3.39. The van der Waals surface area contributed by atoms with Crippen LogP contribution in [-0.4, -0.2) is 31.2 Å². The summed E-state index contributed by atoms with van der Waals surface area (Å²) >= 11 is 1.50. The van der Waals surface area contributed by atoms with Crippen molar-refractivity contribution in [2.75, 3.05) is 20.0 Å². The van der Waals surface area contributed by atoms with Crippen molar-refractivity contribution in [2.24, 2.45) is 0 Å². The number of methoxy groups -OCH3 is 2. The maximum atomic E-state index is 12.5. The molecule has 1 aromatic heterocycles. The molecule has 6 nitrogen and oxygen atoms in total. The predicted octanol–water partition coefficient (Wildman–Crippen LogP) is 2.03. The zero-order valence-corrected chi connectivity index (χ0v) is 13.9. The van der Waals surface area contributed by atoms with Crippen LogP contribution in [0.3, 0.4) is 0 Å². The monoisotopic (exact) mass is 333 g/mol. The summed E-state index contributed by atoms with van der Waals surface area (Å²) in [5.41, 5.74) is 7.35. The Morgan fingerprint density at radius 1 is 1.30 bits per heavy atom. The number of carbonyl (C=O) groups excluding carboxylic acids is 1. The number of nitrogens with two attached hydrogens (primary N) is 1. The Balaban J connectivity index is 1.72. The lowest BCUT2D eigenvalue weighted by Crippen LogP contribution is -2.38. The van der Waals surface area contributed by atoms with Gasteiger partial charge in [0.2, 0.25) is 0 Å². The van der Waals surface area contributed by atoms with Crippen LogP contribution in [0.1, 0.15) is 27.3 Å². The van der Waals surface area contributed by atoms with Gasteiger partial charge in [0, 0.05) is 29.0 Å². The van der Waals surface area contributed by atoms with E-state index in [-0.39, 0.29) is 11.9 Å². The number of aryl methyl sites for hydroxylation is 1. The van der Waals surface area contributed by atoms with E-state index < -0.39 is 0 Å². The second kappa shape index (κ2) is 6.45. The number of ether oxygens (including phenoxy) is 2. The highest BCUT2D eigenvalue weighted by Gasteiger charge is 2.24. The Morgan fingerprint density at radius 2 is 2.00 bits per heavy atom. The van der Waals surface area contributed by atoms with E-state index in [1.165, 1.54) is 16.2 Å². The normalized spacial score (nSPS) is 16.5. The zero-order valence-electron chi connectivity index (χ0n) is 13.1. The van der Waals surface area contributed by atoms with E-state index in [0.29, 0.717) is 22.2 Å². The van der Waals surface area contributed by atoms with Crippen LogP contribution in [0.2, 0.25) is 0 Å². The van der Waals surface area contributed by atoms with Gasteiger partial charge >= 0.3 is 0 Å². The maximum absolute atomic E-state index is 12.5. The Bertz CT molecular complexity index is 707. The number of hydrogen-bond donors (Lipinski definition) is 2. The first-order valence-electron chi connectivity index (χ1n) is 7.37. The van der Waals surface area contributed by atoms with Gasteiger partial charge in [0.1, 0.15) is 11.5 Å². The summed E-state index contributed by atoms with van der Waals surface area (Å²) in [6.07, 6.45) is 2.48. The molecular weight excluding hydrogens is 314 g/mol. The maximum Gasteiger partial charge on any atom is 0.251 e. The molecule has 0 saturated carbocycles. The predicted molar refractivity (Wildman–Crippen MR) is 89.4 cm³/mol. The van der Waals surface area contributed by atoms with Gasteiger partial charge < -0.3 is 20.5 Å². The number of rotatable bonds is 4. The van der Waals surface area contributed by atoms with Crippen molar-refractivity contribution in [3.05, 3.63) is 34.3 Å². The first-order valence-corrected chi connectivity index (χ1v) is 8.18. The molecule has 3 N–H and O–H groups in total. The molecule has 1 aliphatic rings. The van der Waals surface area contributed by atoms with E-state index in [4.69, 9.17) is 15.2 Å². The largest absolute Gasteiger partial charge is 0.497 e. The lowest BCUT2D eigenvalue weighted by atomic mass is 9.97. The lowest BCUT2D eigenvalue weighted by Gasteiger charge is -2.22. The van der Waals surface area contributed by atoms with E-state index in [2.05, 4.69) is 10.3 Å². The number of nitrogens with zero attached hydrogens (tertiary/aromatic N) is 1. The van der Waals surface area contributed by atoms with Gasteiger partial charge in [0.25, 0.3) is 5.91 Å². The fourth-order valence-electron chi connectivity index (χ4n) is 2.73. The zero-order chi connectivity index (χ0) is 16.4. The summed E-state index contributed by atoms with van der Waals surface area (Å²) in [5, 5.41) is 3.67. The standard InChI is InChI=1S/C16H19N3O3S/c1-21-11-5-9(6-12(8-11)22-2)15(20)18-10-3-4-13-14(7-10)23-16(17)19-13/h5-6,8,10H,3-4,7H2,1-2H3,(H2,17,19)(H,18,20). The van der Waals surface area contributed by atoms with Crippen LogP contribution in [-0.2, 0) is 12.8 Å². The number of carbonyl (C=O) groups is 1. The molecular formula is C16H19N3O3S. The van der Waals surface area contributed by atoms with Crippen molar-refractivity contribution >= 4 is 22.4 Å². The quantitative estimate of drug-likeness (QED) is 0.894. The molecule has 0 spiro atoms. The average molecular weight is 333 g/mol. The lowest BCUT2D eigenvalue weighted by molar-refractivity contribution is 0.0933. The van der Waals surface area contributed by atoms with Gasteiger partial charge in [0.15, 0.2) is 5.13 Å². The summed E-state index contributed by atoms with van der Waals surface area (Å²) in [5.74, 6) is 1.06. The summed E-state index contributed by atoms with van der Waals surface area (Å²) in [6.45, 7) is 0. The van der Waals surface area contributed by atoms with Crippen LogP contribution in [0.4, 0.5) is 5.13 Å². The van der Waals surface area contributed by atoms with Crippen LogP contribution in [0.5, 0.6) is 11.5 Å². The molecule has 1 unspecified atom stereocenters. The van der Waals surface area contributed by atoms with Crippen LogP contribution >= 0.6 is 11.3 Å². The molecule has 122 valence electrons. The van der Waals surface area contributed by atoms with Crippen molar-refractivity contribution in [3.8, 4) is 11.5 Å². The average Bonchev–Trinajstić information content (AvgIpc) is 2.93. The van der Waals surface area contributed by atoms with Gasteiger partial charge in [0.05, 0.1) is 19.9 Å². The fourth-order valence-corrected chi connectivity index (χ4v) is 3.68. The van der Waals surface area contributed by atoms with Crippen molar-refractivity contribution in [2.45, 2.75) is 25.3 Å². The number of anilines is 1. The number of benzene rings is 1. The summed E-state index contributed by atoms with van der Waals surface area (Å²) in [7, 11) is 3.13. The van der Waals surface area contributed by atoms with E-state index in [9.17, 15) is 4.79 Å². The minimum atomic E-state index is -0.131. The molecule has 0 radical (unpaired) electrons. The Kier molecular flexibility index (Phi) is 4.38. The number of fused-ring (bicyclic) bond motifs is 1. The SMILES string of the molecule is COc1cc(OC)cc(C(=O)NC2CCc3nc(N)sc3C2)c1. The Labute approximate surface area is 138 Å². The number of amides is 1. The number of hydrogen-bond acceptors (Lipinski definition) is 6. The molecule has 1 atom stereocenters. The highest BCUT2D eigenvalue weighted by atomic mass is 32.1. The smallest absolute Gasteiger partial charge is 0.251 e. The first-order chi connectivity index (χ1) is 11.1. The molecule has 1 heterocycles. The molecule has 3 rings (SSSR count). The van der Waals surface area contributed by atoms with Crippen LogP contribution in [0.15, 0.2) is 18.2 Å². The second-order valence-electron chi connectivity index (χ2n) is 5.44. The molecule has 0 bridgehead atoms. The Morgan fingerprint density at radius 3 is 2.65 bits per heavy atom. The van der Waals surface area contributed by atoms with E-state index in [1.54, 1.807) is 32.4 Å². The molecule has 2 aromatic rings. The van der Waals surface area contributed by atoms with Gasteiger partial charge in [-0.25, -0.2) is 4.98 Å². The highest BCUT2D eigenvalue weighted by molar-refractivity contribution is 7.15. The van der Waals surface area contributed by atoms with Crippen molar-refractivity contribution in [1.82, 2.24) is 10.3 Å². The van der Waals surface area contributed by atoms with Gasteiger partial charge in [-0.1, -0.05) is 0 Å². The van der Waals surface area contributed by atoms with Crippen LogP contribution in [0.25, 0.3) is 0 Å². The molecule has 1 aromatic carbocycles. The van der Waals surface area contributed by atoms with Gasteiger partial charge in [-0.2, -0.15) is 0 Å². The number of nitrogen functional groups attached to an aromatic ring is 1. The van der Waals surface area contributed by atoms with Crippen molar-refractivity contribution < 1.29 is 14.3 Å². The van der Waals surface area contributed by atoms with E-state index in [0.717, 1.165) is 25.0 Å². The minimum Gasteiger partial charge on any atom is -0.497 e. The van der Waals surface area contributed by atoms with E-state index in [1.807, 2.05) is 0 Å². The van der Waals surface area contributed by atoms with E-state index >= 15 is 0 Å². The number of nitrogens with one attached hydrogen (secondary N) is 1. The summed E-state index contributed by atoms with van der Waals surface area (Å²) in [4.78, 5) is 18.0. The second-order valence-corrected chi connectivity index (χ2v) is 6.55. The topological polar surface area (TPSA) is 86.5 Å². The molecule has 0 aliphatic heterocycles. The van der Waals surface area contributed by atoms with Crippen molar-refractivity contribution in [1.29, 1.82) is 0 Å². The third-order valence-corrected chi connectivity index (χ3v) is 4.85. The molecule has 1 amide bonds. The molecule has 7 heteroatoms. The third-order valence-electron chi connectivity index (χ3n) is 3.91. The van der Waals surface area contributed by atoms with Gasteiger partial charge in [-0.3, -0.25) is 4.79 Å². The molecule has 0 fully saturated rings. The molecule has 23 heavy (non-hydrogen) atoms. The van der Waals surface area contributed by atoms with Gasteiger partial charge in [-0.15, -0.1) is 11.3 Å². The summed E-state index contributed by atoms with van der Waals surface area (Å²) in [6, 6.07) is 5.24. The Hall–Kier alpha value is -2.28. The summed E-state index contributed by atoms with van der Waals surface area (Å²) < 4.78 is 10.4. The molecule has 1 aliphatic carbocycles. The van der Waals surface area contributed by atoms with Gasteiger partial charge in [-0.05, 0) is 25.0 Å². The number of aromatic nitrogens is 1. The number of thiazole rings is 1. The minimum absolute atomic E-state index is 0.0899.